The van der Waals surface area contributed by atoms with E-state index in [0.29, 0.717) is 5.75 Å². The van der Waals surface area contributed by atoms with Crippen LogP contribution in [0, 0.1) is 6.92 Å². The van der Waals surface area contributed by atoms with Gasteiger partial charge in [-0.15, -0.1) is 0 Å². The summed E-state index contributed by atoms with van der Waals surface area (Å²) in [7, 11) is -2.38. The fourth-order valence-electron chi connectivity index (χ4n) is 3.37. The number of rotatable bonds is 11. The molecule has 0 aromatic heterocycles. The van der Waals surface area contributed by atoms with Gasteiger partial charge >= 0.3 is 0 Å². The van der Waals surface area contributed by atoms with E-state index in [4.69, 9.17) is 4.74 Å². The zero-order chi connectivity index (χ0) is 25.5. The molecule has 1 N–H and O–H groups in total. The van der Waals surface area contributed by atoms with Crippen LogP contribution in [-0.4, -0.2) is 57.1 Å². The third kappa shape index (κ3) is 7.21. The van der Waals surface area contributed by atoms with Crippen molar-refractivity contribution in [3.05, 3.63) is 59.7 Å². The third-order valence-corrected chi connectivity index (χ3v) is 6.80. The van der Waals surface area contributed by atoms with Gasteiger partial charge in [0.15, 0.2) is 0 Å². The Morgan fingerprint density at radius 1 is 1.06 bits per heavy atom. The predicted octanol–water partition coefficient (Wildman–Crippen LogP) is 3.10. The molecule has 0 saturated heterocycles. The maximum absolute atomic E-state index is 13.5. The summed E-state index contributed by atoms with van der Waals surface area (Å²) in [5.41, 5.74) is 2.17. The molecule has 0 spiro atoms. The highest BCUT2D eigenvalue weighted by atomic mass is 32.2. The smallest absolute Gasteiger partial charge is 0.244 e. The van der Waals surface area contributed by atoms with Crippen LogP contribution in [0.15, 0.2) is 48.5 Å². The molecule has 2 rings (SSSR count). The van der Waals surface area contributed by atoms with Gasteiger partial charge in [-0.25, -0.2) is 8.42 Å². The Balaban J connectivity index is 2.41. The summed E-state index contributed by atoms with van der Waals surface area (Å²) in [5.74, 6) is -0.463. The van der Waals surface area contributed by atoms with Crippen LogP contribution in [0.25, 0.3) is 0 Å². The Hall–Kier alpha value is -3.07. The number of nitrogens with one attached hydrogen (secondary N) is 1. The van der Waals surface area contributed by atoms with Gasteiger partial charge in [-0.3, -0.25) is 13.9 Å². The van der Waals surface area contributed by atoms with Crippen LogP contribution in [-0.2, 0) is 26.2 Å². The van der Waals surface area contributed by atoms with Crippen LogP contribution in [0.1, 0.15) is 38.3 Å². The van der Waals surface area contributed by atoms with Crippen molar-refractivity contribution in [2.75, 3.05) is 24.2 Å². The summed E-state index contributed by atoms with van der Waals surface area (Å²) in [6.45, 7) is 7.17. The Kier molecular flexibility index (Phi) is 9.49. The van der Waals surface area contributed by atoms with Gasteiger partial charge in [-0.05, 0) is 44.9 Å². The molecule has 2 atom stereocenters. The maximum Gasteiger partial charge on any atom is 0.244 e. The molecular weight excluding hydrogens is 454 g/mol. The molecule has 2 aromatic carbocycles. The normalized spacial score (nSPS) is 13.0. The number of aryl methyl sites for hydroxylation is 1. The zero-order valence-electron chi connectivity index (χ0n) is 20.7. The van der Waals surface area contributed by atoms with Crippen molar-refractivity contribution in [2.45, 2.75) is 52.7 Å². The SMILES string of the molecule is CC[C@@H](C)NC(=O)[C@H](C)N(Cc1ccc(C)cc1)C(=O)CN(c1ccccc1OC)S(C)(=O)=O. The number of ether oxygens (including phenoxy) is 1. The first-order valence-corrected chi connectivity index (χ1v) is 13.1. The van der Waals surface area contributed by atoms with Gasteiger partial charge in [0.2, 0.25) is 21.8 Å². The van der Waals surface area contributed by atoms with Crippen molar-refractivity contribution in [1.82, 2.24) is 10.2 Å². The Morgan fingerprint density at radius 2 is 1.68 bits per heavy atom. The average molecular weight is 490 g/mol. The second-order valence-corrected chi connectivity index (χ2v) is 10.3. The van der Waals surface area contributed by atoms with E-state index in [-0.39, 0.29) is 24.2 Å². The van der Waals surface area contributed by atoms with E-state index in [1.165, 1.54) is 12.0 Å². The van der Waals surface area contributed by atoms with Gasteiger partial charge in [0.1, 0.15) is 18.3 Å². The molecule has 8 nitrogen and oxygen atoms in total. The second kappa shape index (κ2) is 11.9. The quantitative estimate of drug-likeness (QED) is 0.523. The van der Waals surface area contributed by atoms with Crippen molar-refractivity contribution in [3.8, 4) is 5.75 Å². The molecule has 0 fully saturated rings. The molecule has 0 unspecified atom stereocenters. The Labute approximate surface area is 202 Å². The molecule has 0 aliphatic carbocycles. The molecule has 0 heterocycles. The van der Waals surface area contributed by atoms with E-state index in [2.05, 4.69) is 5.32 Å². The molecule has 0 aliphatic heterocycles. The lowest BCUT2D eigenvalue weighted by Crippen LogP contribution is -2.52. The first-order valence-electron chi connectivity index (χ1n) is 11.2. The number of carbonyl (C=O) groups excluding carboxylic acids is 2. The first kappa shape index (κ1) is 27.2. The first-order chi connectivity index (χ1) is 16.0. The van der Waals surface area contributed by atoms with Gasteiger partial charge in [-0.2, -0.15) is 0 Å². The fourth-order valence-corrected chi connectivity index (χ4v) is 4.22. The number of sulfonamides is 1. The van der Waals surface area contributed by atoms with E-state index in [9.17, 15) is 18.0 Å². The van der Waals surface area contributed by atoms with E-state index >= 15 is 0 Å². The molecule has 2 aromatic rings. The summed E-state index contributed by atoms with van der Waals surface area (Å²) in [6, 6.07) is 13.4. The predicted molar refractivity (Wildman–Crippen MR) is 134 cm³/mol. The van der Waals surface area contributed by atoms with Gasteiger partial charge < -0.3 is 15.0 Å². The minimum Gasteiger partial charge on any atom is -0.495 e. The summed E-state index contributed by atoms with van der Waals surface area (Å²) in [4.78, 5) is 27.9. The molecule has 0 radical (unpaired) electrons. The lowest BCUT2D eigenvalue weighted by atomic mass is 10.1. The molecule has 0 bridgehead atoms. The molecule has 186 valence electrons. The lowest BCUT2D eigenvalue weighted by Gasteiger charge is -2.32. The molecule has 34 heavy (non-hydrogen) atoms. The van der Waals surface area contributed by atoms with Gasteiger partial charge in [-0.1, -0.05) is 48.9 Å². The highest BCUT2D eigenvalue weighted by Gasteiger charge is 2.31. The van der Waals surface area contributed by atoms with Crippen LogP contribution in [0.5, 0.6) is 5.75 Å². The van der Waals surface area contributed by atoms with Crippen molar-refractivity contribution in [2.24, 2.45) is 0 Å². The number of amides is 2. The largest absolute Gasteiger partial charge is 0.495 e. The topological polar surface area (TPSA) is 96.0 Å². The van der Waals surface area contributed by atoms with Gasteiger partial charge in [0, 0.05) is 12.6 Å². The summed E-state index contributed by atoms with van der Waals surface area (Å²) < 4.78 is 31.7. The second-order valence-electron chi connectivity index (χ2n) is 8.44. The number of nitrogens with zero attached hydrogens (tertiary/aromatic N) is 2. The van der Waals surface area contributed by atoms with Crippen LogP contribution >= 0.6 is 0 Å². The number of hydrogen-bond donors (Lipinski definition) is 1. The number of hydrogen-bond acceptors (Lipinski definition) is 5. The number of methoxy groups -OCH3 is 1. The fraction of sp³-hybridized carbons (Fsp3) is 0.440. The summed E-state index contributed by atoms with van der Waals surface area (Å²) >= 11 is 0. The molecule has 0 saturated carbocycles. The lowest BCUT2D eigenvalue weighted by molar-refractivity contribution is -0.139. The molecule has 0 aliphatic rings. The number of carbonyl (C=O) groups is 2. The van der Waals surface area contributed by atoms with Crippen LogP contribution < -0.4 is 14.4 Å². The monoisotopic (exact) mass is 489 g/mol. The van der Waals surface area contributed by atoms with Gasteiger partial charge in [0.05, 0.1) is 19.1 Å². The minimum atomic E-state index is -3.82. The molecule has 9 heteroatoms. The van der Waals surface area contributed by atoms with Crippen LogP contribution in [0.3, 0.4) is 0 Å². The molecular formula is C25H35N3O5S. The standard InChI is InChI=1S/C25H35N3O5S/c1-7-19(3)26-25(30)20(4)27(16-21-14-12-18(2)13-15-21)24(29)17-28(34(6,31)32)22-10-8-9-11-23(22)33-5/h8-15,19-20H,7,16-17H2,1-6H3,(H,26,30)/t19-,20+/m1/s1. The number of para-hydroxylation sites is 2. The summed E-state index contributed by atoms with van der Waals surface area (Å²) in [6.07, 6.45) is 1.79. The highest BCUT2D eigenvalue weighted by Crippen LogP contribution is 2.29. The summed E-state index contributed by atoms with van der Waals surface area (Å²) in [5, 5.41) is 2.91. The maximum atomic E-state index is 13.5. The van der Waals surface area contributed by atoms with Crippen molar-refractivity contribution in [1.29, 1.82) is 0 Å². The number of benzene rings is 2. The van der Waals surface area contributed by atoms with Crippen molar-refractivity contribution >= 4 is 27.5 Å². The van der Waals surface area contributed by atoms with Crippen LogP contribution in [0.2, 0.25) is 0 Å². The average Bonchev–Trinajstić information content (AvgIpc) is 2.80. The minimum absolute atomic E-state index is 0.0487. The van der Waals surface area contributed by atoms with Crippen molar-refractivity contribution < 1.29 is 22.7 Å². The van der Waals surface area contributed by atoms with Crippen molar-refractivity contribution in [3.63, 3.8) is 0 Å². The van der Waals surface area contributed by atoms with Crippen LogP contribution in [0.4, 0.5) is 5.69 Å². The van der Waals surface area contributed by atoms with E-state index in [1.54, 1.807) is 31.2 Å². The van der Waals surface area contributed by atoms with Gasteiger partial charge in [0.25, 0.3) is 0 Å². The Morgan fingerprint density at radius 3 is 2.24 bits per heavy atom. The number of anilines is 1. The Bertz CT molecular complexity index is 1090. The van der Waals surface area contributed by atoms with E-state index < -0.39 is 28.5 Å². The molecule has 2 amide bonds. The highest BCUT2D eigenvalue weighted by molar-refractivity contribution is 7.92. The third-order valence-electron chi connectivity index (χ3n) is 5.67. The van der Waals surface area contributed by atoms with E-state index in [0.717, 1.165) is 28.1 Å². The van der Waals surface area contributed by atoms with E-state index in [1.807, 2.05) is 45.0 Å². The zero-order valence-corrected chi connectivity index (χ0v) is 21.6.